The summed E-state index contributed by atoms with van der Waals surface area (Å²) in [7, 11) is 0. The van der Waals surface area contributed by atoms with Crippen LogP contribution in [0.3, 0.4) is 0 Å². The van der Waals surface area contributed by atoms with Crippen LogP contribution in [-0.4, -0.2) is 11.8 Å². The predicted molar refractivity (Wildman–Crippen MR) is 101 cm³/mol. The van der Waals surface area contributed by atoms with Crippen LogP contribution < -0.4 is 10.6 Å². The third kappa shape index (κ3) is 4.52. The van der Waals surface area contributed by atoms with Crippen LogP contribution in [-0.2, 0) is 9.59 Å². The highest BCUT2D eigenvalue weighted by Crippen LogP contribution is 2.33. The molecule has 28 heavy (non-hydrogen) atoms. The average Bonchev–Trinajstić information content (AvgIpc) is 2.70. The molecule has 0 fully saturated rings. The quantitative estimate of drug-likeness (QED) is 0.485. The second-order valence-electron chi connectivity index (χ2n) is 5.54. The van der Waals surface area contributed by atoms with Gasteiger partial charge >= 0.3 is 11.8 Å². The highest BCUT2D eigenvalue weighted by atomic mass is 32.2. The Morgan fingerprint density at radius 3 is 2.00 bits per heavy atom. The predicted octanol–water partition coefficient (Wildman–Crippen LogP) is 4.83. The van der Waals surface area contributed by atoms with Gasteiger partial charge in [0.15, 0.2) is 17.5 Å². The van der Waals surface area contributed by atoms with Gasteiger partial charge in [0.2, 0.25) is 0 Å². The second kappa shape index (κ2) is 8.62. The highest BCUT2D eigenvalue weighted by molar-refractivity contribution is 7.99. The van der Waals surface area contributed by atoms with Crippen LogP contribution in [0.4, 0.5) is 24.5 Å². The standard InChI is InChI=1S/C20H13F3N2O2S/c21-13-10-11-15(18(23)17(13)22)25-20(27)19(26)24-14-8-4-5-9-16(14)28-12-6-2-1-3-7-12/h1-11H,(H,24,26)(H,25,27). The molecule has 0 radical (unpaired) electrons. The number of anilines is 2. The summed E-state index contributed by atoms with van der Waals surface area (Å²) in [5.41, 5.74) is -0.256. The molecule has 0 atom stereocenters. The van der Waals surface area contributed by atoms with E-state index in [0.717, 1.165) is 11.0 Å². The van der Waals surface area contributed by atoms with E-state index in [2.05, 4.69) is 5.32 Å². The summed E-state index contributed by atoms with van der Waals surface area (Å²) in [6.45, 7) is 0. The Morgan fingerprint density at radius 1 is 0.679 bits per heavy atom. The first kappa shape index (κ1) is 19.5. The lowest BCUT2D eigenvalue weighted by molar-refractivity contribution is -0.133. The van der Waals surface area contributed by atoms with E-state index in [0.29, 0.717) is 16.6 Å². The van der Waals surface area contributed by atoms with Crippen LogP contribution in [0.5, 0.6) is 0 Å². The first-order chi connectivity index (χ1) is 13.5. The van der Waals surface area contributed by atoms with Gasteiger partial charge in [-0.05, 0) is 36.4 Å². The normalized spacial score (nSPS) is 10.4. The van der Waals surface area contributed by atoms with Crippen molar-refractivity contribution in [1.29, 1.82) is 0 Å². The fraction of sp³-hybridized carbons (Fsp3) is 0. The average molecular weight is 402 g/mol. The monoisotopic (exact) mass is 402 g/mol. The van der Waals surface area contributed by atoms with Crippen LogP contribution in [0.2, 0.25) is 0 Å². The van der Waals surface area contributed by atoms with E-state index in [1.54, 1.807) is 24.3 Å². The summed E-state index contributed by atoms with van der Waals surface area (Å²) in [6.07, 6.45) is 0. The maximum absolute atomic E-state index is 13.7. The largest absolute Gasteiger partial charge is 0.317 e. The Bertz CT molecular complexity index is 1030. The number of halogens is 3. The zero-order valence-electron chi connectivity index (χ0n) is 14.2. The van der Waals surface area contributed by atoms with Crippen molar-refractivity contribution in [2.24, 2.45) is 0 Å². The molecule has 0 aliphatic rings. The topological polar surface area (TPSA) is 58.2 Å². The van der Waals surface area contributed by atoms with Gasteiger partial charge in [-0.1, -0.05) is 42.1 Å². The third-order valence-electron chi connectivity index (χ3n) is 3.60. The summed E-state index contributed by atoms with van der Waals surface area (Å²) in [4.78, 5) is 25.8. The molecule has 0 aromatic heterocycles. The van der Waals surface area contributed by atoms with Crippen molar-refractivity contribution < 1.29 is 22.8 Å². The smallest absolute Gasteiger partial charge is 0.314 e. The number of carbonyl (C=O) groups is 2. The molecule has 0 unspecified atom stereocenters. The Kier molecular flexibility index (Phi) is 6.00. The van der Waals surface area contributed by atoms with Gasteiger partial charge in [-0.25, -0.2) is 13.2 Å². The van der Waals surface area contributed by atoms with Gasteiger partial charge in [0.1, 0.15) is 0 Å². The van der Waals surface area contributed by atoms with Crippen molar-refractivity contribution in [3.63, 3.8) is 0 Å². The Labute approximate surface area is 162 Å². The first-order valence-electron chi connectivity index (χ1n) is 8.03. The number of rotatable bonds is 4. The summed E-state index contributed by atoms with van der Waals surface area (Å²) in [5.74, 6) is -7.01. The van der Waals surface area contributed by atoms with E-state index in [4.69, 9.17) is 0 Å². The molecule has 2 N–H and O–H groups in total. The molecular formula is C20H13F3N2O2S. The minimum absolute atomic E-state index is 0.377. The van der Waals surface area contributed by atoms with Gasteiger partial charge in [-0.15, -0.1) is 0 Å². The van der Waals surface area contributed by atoms with Crippen molar-refractivity contribution in [3.05, 3.63) is 84.2 Å². The number of hydrogen-bond donors (Lipinski definition) is 2. The number of benzene rings is 3. The van der Waals surface area contributed by atoms with Crippen molar-refractivity contribution in [3.8, 4) is 0 Å². The third-order valence-corrected chi connectivity index (χ3v) is 4.68. The molecule has 0 bridgehead atoms. The van der Waals surface area contributed by atoms with Crippen LogP contribution in [0, 0.1) is 17.5 Å². The number of nitrogens with one attached hydrogen (secondary N) is 2. The lowest BCUT2D eigenvalue weighted by atomic mass is 10.2. The number of hydrogen-bond acceptors (Lipinski definition) is 3. The lowest BCUT2D eigenvalue weighted by Crippen LogP contribution is -2.29. The second-order valence-corrected chi connectivity index (χ2v) is 6.66. The fourth-order valence-electron chi connectivity index (χ4n) is 2.26. The van der Waals surface area contributed by atoms with Crippen molar-refractivity contribution in [2.75, 3.05) is 10.6 Å². The number of carbonyl (C=O) groups excluding carboxylic acids is 2. The van der Waals surface area contributed by atoms with Crippen molar-refractivity contribution in [2.45, 2.75) is 9.79 Å². The Balaban J connectivity index is 1.73. The van der Waals surface area contributed by atoms with Gasteiger partial charge in [0, 0.05) is 9.79 Å². The lowest BCUT2D eigenvalue weighted by Gasteiger charge is -2.11. The van der Waals surface area contributed by atoms with Gasteiger partial charge < -0.3 is 10.6 Å². The van der Waals surface area contributed by atoms with Crippen LogP contribution in [0.15, 0.2) is 76.5 Å². The summed E-state index contributed by atoms with van der Waals surface area (Å²) < 4.78 is 39.9. The minimum atomic E-state index is -1.73. The van der Waals surface area contributed by atoms with Gasteiger partial charge in [0.25, 0.3) is 0 Å². The Hall–Kier alpha value is -3.26. The van der Waals surface area contributed by atoms with Crippen LogP contribution in [0.25, 0.3) is 0 Å². The minimum Gasteiger partial charge on any atom is -0.317 e. The molecule has 0 spiro atoms. The molecule has 0 aliphatic carbocycles. The SMILES string of the molecule is O=C(Nc1ccccc1Sc1ccccc1)C(=O)Nc1ccc(F)c(F)c1F. The summed E-state index contributed by atoms with van der Waals surface area (Å²) >= 11 is 1.38. The van der Waals surface area contributed by atoms with Crippen LogP contribution >= 0.6 is 11.8 Å². The number of amides is 2. The maximum atomic E-state index is 13.7. The molecule has 8 heteroatoms. The van der Waals surface area contributed by atoms with E-state index >= 15 is 0 Å². The van der Waals surface area contributed by atoms with Crippen molar-refractivity contribution >= 4 is 35.0 Å². The summed E-state index contributed by atoms with van der Waals surface area (Å²) in [6, 6.07) is 17.7. The van der Waals surface area contributed by atoms with Crippen molar-refractivity contribution in [1.82, 2.24) is 0 Å². The molecule has 3 rings (SSSR count). The molecule has 2 amide bonds. The molecule has 0 heterocycles. The molecular weight excluding hydrogens is 389 g/mol. The molecule has 0 saturated heterocycles. The molecule has 3 aromatic carbocycles. The highest BCUT2D eigenvalue weighted by Gasteiger charge is 2.20. The zero-order valence-corrected chi connectivity index (χ0v) is 15.0. The van der Waals surface area contributed by atoms with E-state index in [1.807, 2.05) is 35.6 Å². The molecule has 0 aliphatic heterocycles. The molecule has 142 valence electrons. The molecule has 0 saturated carbocycles. The summed E-state index contributed by atoms with van der Waals surface area (Å²) in [5, 5.41) is 4.36. The van der Waals surface area contributed by atoms with Gasteiger partial charge in [-0.2, -0.15) is 0 Å². The van der Waals surface area contributed by atoms with Gasteiger partial charge in [-0.3, -0.25) is 9.59 Å². The fourth-order valence-corrected chi connectivity index (χ4v) is 3.18. The van der Waals surface area contributed by atoms with E-state index in [1.165, 1.54) is 11.8 Å². The number of para-hydroxylation sites is 1. The molecule has 3 aromatic rings. The van der Waals surface area contributed by atoms with Gasteiger partial charge in [0.05, 0.1) is 11.4 Å². The van der Waals surface area contributed by atoms with E-state index in [-0.39, 0.29) is 0 Å². The first-order valence-corrected chi connectivity index (χ1v) is 8.85. The molecule has 4 nitrogen and oxygen atoms in total. The van der Waals surface area contributed by atoms with Crippen LogP contribution in [0.1, 0.15) is 0 Å². The zero-order chi connectivity index (χ0) is 20.1. The van der Waals surface area contributed by atoms with E-state index < -0.39 is 35.0 Å². The van der Waals surface area contributed by atoms with E-state index in [9.17, 15) is 22.8 Å². The maximum Gasteiger partial charge on any atom is 0.314 e. The Morgan fingerprint density at radius 2 is 1.29 bits per heavy atom.